The molecule has 2 aromatic heterocycles. The summed E-state index contributed by atoms with van der Waals surface area (Å²) in [6, 6.07) is 8.57. The Morgan fingerprint density at radius 1 is 1.38 bits per heavy atom. The molecule has 1 saturated heterocycles. The van der Waals surface area contributed by atoms with Crippen molar-refractivity contribution < 1.29 is 9.69 Å². The van der Waals surface area contributed by atoms with E-state index in [1.165, 1.54) is 9.60 Å². The molecule has 0 radical (unpaired) electrons. The fourth-order valence-corrected chi connectivity index (χ4v) is 4.97. The number of carbonyl (C=O) groups is 1. The van der Waals surface area contributed by atoms with E-state index in [0.29, 0.717) is 12.6 Å². The Kier molecular flexibility index (Phi) is 4.50. The SMILES string of the molecule is Cc1nn(C)c(C)c1NC(=O)C[NH+]1CCC[C@@H]1c1nc2ccccc2s1. The smallest absolute Gasteiger partial charge is 0.279 e. The third-order valence-electron chi connectivity index (χ3n) is 5.25. The Labute approximate surface area is 156 Å². The summed E-state index contributed by atoms with van der Waals surface area (Å²) in [5.74, 6) is 0.0483. The molecule has 0 aliphatic carbocycles. The summed E-state index contributed by atoms with van der Waals surface area (Å²) >= 11 is 1.76. The first-order chi connectivity index (χ1) is 12.5. The second kappa shape index (κ2) is 6.81. The zero-order chi connectivity index (χ0) is 18.3. The molecule has 136 valence electrons. The van der Waals surface area contributed by atoms with Gasteiger partial charge in [-0.3, -0.25) is 9.48 Å². The second-order valence-electron chi connectivity index (χ2n) is 7.02. The molecule has 1 aromatic carbocycles. The van der Waals surface area contributed by atoms with Crippen LogP contribution in [0.1, 0.15) is 35.3 Å². The van der Waals surface area contributed by atoms with Gasteiger partial charge in [0.15, 0.2) is 11.6 Å². The number of aromatic nitrogens is 3. The lowest BCUT2D eigenvalue weighted by Crippen LogP contribution is -3.11. The Morgan fingerprint density at radius 2 is 2.19 bits per heavy atom. The predicted octanol–water partition coefficient (Wildman–Crippen LogP) is 2.01. The number of nitrogens with zero attached hydrogens (tertiary/aromatic N) is 3. The predicted molar refractivity (Wildman–Crippen MR) is 104 cm³/mol. The van der Waals surface area contributed by atoms with Crippen LogP contribution in [0.5, 0.6) is 0 Å². The molecule has 1 aliphatic rings. The number of fused-ring (bicyclic) bond motifs is 1. The molecule has 4 rings (SSSR count). The van der Waals surface area contributed by atoms with Crippen LogP contribution in [0.4, 0.5) is 5.69 Å². The topological polar surface area (TPSA) is 64.2 Å². The molecule has 2 atom stereocenters. The maximum absolute atomic E-state index is 12.6. The van der Waals surface area contributed by atoms with Crippen LogP contribution in [-0.4, -0.2) is 33.8 Å². The number of quaternary nitrogens is 1. The average molecular weight is 371 g/mol. The summed E-state index contributed by atoms with van der Waals surface area (Å²) in [5, 5.41) is 8.59. The lowest BCUT2D eigenvalue weighted by Gasteiger charge is -2.19. The Morgan fingerprint density at radius 3 is 2.92 bits per heavy atom. The van der Waals surface area contributed by atoms with Crippen LogP contribution in [0.25, 0.3) is 10.2 Å². The fourth-order valence-electron chi connectivity index (χ4n) is 3.80. The van der Waals surface area contributed by atoms with Gasteiger partial charge in [-0.25, -0.2) is 4.98 Å². The number of nitrogens with one attached hydrogen (secondary N) is 2. The van der Waals surface area contributed by atoms with Crippen molar-refractivity contribution in [2.45, 2.75) is 32.7 Å². The van der Waals surface area contributed by atoms with Gasteiger partial charge in [0.1, 0.15) is 6.04 Å². The van der Waals surface area contributed by atoms with Crippen molar-refractivity contribution in [3.05, 3.63) is 40.7 Å². The molecule has 1 fully saturated rings. The third-order valence-corrected chi connectivity index (χ3v) is 6.40. The molecule has 2 N–H and O–H groups in total. The van der Waals surface area contributed by atoms with Gasteiger partial charge < -0.3 is 10.2 Å². The normalized spacial score (nSPS) is 20.0. The number of hydrogen-bond donors (Lipinski definition) is 2. The molecule has 3 heterocycles. The van der Waals surface area contributed by atoms with E-state index in [9.17, 15) is 4.79 Å². The lowest BCUT2D eigenvalue weighted by atomic mass is 10.2. The number of likely N-dealkylation sites (tertiary alicyclic amines) is 1. The van der Waals surface area contributed by atoms with Crippen LogP contribution in [0.2, 0.25) is 0 Å². The van der Waals surface area contributed by atoms with E-state index >= 15 is 0 Å². The summed E-state index contributed by atoms with van der Waals surface area (Å²) < 4.78 is 3.03. The van der Waals surface area contributed by atoms with Gasteiger partial charge in [0.25, 0.3) is 5.91 Å². The summed E-state index contributed by atoms with van der Waals surface area (Å²) in [6.45, 7) is 5.38. The summed E-state index contributed by atoms with van der Waals surface area (Å²) in [5.41, 5.74) is 3.74. The molecule has 6 nitrogen and oxygen atoms in total. The number of thiazole rings is 1. The number of para-hydroxylation sites is 1. The van der Waals surface area contributed by atoms with Crippen LogP contribution >= 0.6 is 11.3 Å². The van der Waals surface area contributed by atoms with Crippen LogP contribution in [0.3, 0.4) is 0 Å². The minimum absolute atomic E-state index is 0.0483. The largest absolute Gasteiger partial charge is 0.319 e. The lowest BCUT2D eigenvalue weighted by molar-refractivity contribution is -0.910. The number of aryl methyl sites for hydroxylation is 2. The van der Waals surface area contributed by atoms with Gasteiger partial charge in [0.05, 0.1) is 33.8 Å². The van der Waals surface area contributed by atoms with Crippen LogP contribution in [0.15, 0.2) is 24.3 Å². The number of hydrogen-bond acceptors (Lipinski definition) is 4. The molecule has 3 aromatic rings. The summed E-state index contributed by atoms with van der Waals surface area (Å²) in [7, 11) is 1.90. The Balaban J connectivity index is 1.49. The van der Waals surface area contributed by atoms with Gasteiger partial charge >= 0.3 is 0 Å². The molecule has 1 unspecified atom stereocenters. The van der Waals surface area contributed by atoms with Crippen molar-refractivity contribution in [3.8, 4) is 0 Å². The second-order valence-corrected chi connectivity index (χ2v) is 8.08. The quantitative estimate of drug-likeness (QED) is 0.738. The Bertz CT molecular complexity index is 927. The summed E-state index contributed by atoms with van der Waals surface area (Å²) in [4.78, 5) is 18.8. The zero-order valence-electron chi connectivity index (χ0n) is 15.4. The van der Waals surface area contributed by atoms with E-state index in [0.717, 1.165) is 47.0 Å². The zero-order valence-corrected chi connectivity index (χ0v) is 16.2. The first-order valence-corrected chi connectivity index (χ1v) is 9.84. The minimum atomic E-state index is 0.0483. The van der Waals surface area contributed by atoms with Crippen molar-refractivity contribution >= 4 is 33.1 Å². The van der Waals surface area contributed by atoms with E-state index in [-0.39, 0.29) is 5.91 Å². The molecular weight excluding hydrogens is 346 g/mol. The van der Waals surface area contributed by atoms with Crippen LogP contribution in [0, 0.1) is 13.8 Å². The van der Waals surface area contributed by atoms with Gasteiger partial charge in [-0.1, -0.05) is 12.1 Å². The molecule has 7 heteroatoms. The first-order valence-electron chi connectivity index (χ1n) is 9.03. The van der Waals surface area contributed by atoms with Crippen LogP contribution < -0.4 is 10.2 Å². The minimum Gasteiger partial charge on any atom is -0.319 e. The summed E-state index contributed by atoms with van der Waals surface area (Å²) in [6.07, 6.45) is 2.22. The maximum Gasteiger partial charge on any atom is 0.279 e. The third kappa shape index (κ3) is 3.12. The highest BCUT2D eigenvalue weighted by Crippen LogP contribution is 2.28. The molecule has 0 saturated carbocycles. The van der Waals surface area contributed by atoms with E-state index in [4.69, 9.17) is 4.98 Å². The van der Waals surface area contributed by atoms with Crippen molar-refractivity contribution in [1.82, 2.24) is 14.8 Å². The average Bonchev–Trinajstić information content (AvgIpc) is 3.29. The number of anilines is 1. The molecule has 1 amide bonds. The highest BCUT2D eigenvalue weighted by Gasteiger charge is 2.34. The number of benzene rings is 1. The first kappa shape index (κ1) is 17.2. The van der Waals surface area contributed by atoms with Gasteiger partial charge in [-0.15, -0.1) is 11.3 Å². The highest BCUT2D eigenvalue weighted by molar-refractivity contribution is 7.18. The highest BCUT2D eigenvalue weighted by atomic mass is 32.1. The van der Waals surface area contributed by atoms with Crippen molar-refractivity contribution in [3.63, 3.8) is 0 Å². The van der Waals surface area contributed by atoms with Gasteiger partial charge in [0, 0.05) is 19.9 Å². The molecule has 1 aliphatic heterocycles. The number of amides is 1. The monoisotopic (exact) mass is 370 g/mol. The van der Waals surface area contributed by atoms with Crippen LogP contribution in [-0.2, 0) is 11.8 Å². The maximum atomic E-state index is 12.6. The fraction of sp³-hybridized carbons (Fsp3) is 0.421. The molecule has 0 spiro atoms. The van der Waals surface area contributed by atoms with E-state index < -0.39 is 0 Å². The van der Waals surface area contributed by atoms with Crippen molar-refractivity contribution in [2.24, 2.45) is 7.05 Å². The number of carbonyl (C=O) groups excluding carboxylic acids is 1. The standard InChI is InChI=1S/C19H23N5OS/c1-12-18(13(2)23(3)22-12)21-17(25)11-24-10-6-8-15(24)19-20-14-7-4-5-9-16(14)26-19/h4-5,7,9,15H,6,8,10-11H2,1-3H3,(H,21,25)/p+1/t15-/m1/s1. The van der Waals surface area contributed by atoms with E-state index in [2.05, 4.69) is 28.6 Å². The molecular formula is C19H24N5OS+. The van der Waals surface area contributed by atoms with Crippen molar-refractivity contribution in [1.29, 1.82) is 0 Å². The number of rotatable bonds is 4. The molecule has 26 heavy (non-hydrogen) atoms. The van der Waals surface area contributed by atoms with Crippen molar-refractivity contribution in [2.75, 3.05) is 18.4 Å². The van der Waals surface area contributed by atoms with Gasteiger partial charge in [0.2, 0.25) is 0 Å². The van der Waals surface area contributed by atoms with Gasteiger partial charge in [-0.2, -0.15) is 5.10 Å². The van der Waals surface area contributed by atoms with Gasteiger partial charge in [-0.05, 0) is 26.0 Å². The van der Waals surface area contributed by atoms with E-state index in [1.807, 2.05) is 27.0 Å². The molecule has 0 bridgehead atoms. The van der Waals surface area contributed by atoms with E-state index in [1.54, 1.807) is 16.0 Å². The Hall–Kier alpha value is -2.25.